The van der Waals surface area contributed by atoms with Gasteiger partial charge >= 0.3 is 0 Å². The molecule has 1 aliphatic heterocycles. The first kappa shape index (κ1) is 13.1. The number of rotatable bonds is 3. The fraction of sp³-hybridized carbons (Fsp3) is 0.417. The number of aromatic nitrogens is 1. The van der Waals surface area contributed by atoms with Crippen LogP contribution in [0, 0.1) is 0 Å². The Bertz CT molecular complexity index is 483. The number of nitrogens with two attached hydrogens (primary N) is 1. The molecule has 1 fully saturated rings. The van der Waals surface area contributed by atoms with E-state index in [1.165, 1.54) is 0 Å². The van der Waals surface area contributed by atoms with Crippen molar-refractivity contribution in [3.8, 4) is 11.5 Å². The molecule has 3 heterocycles. The van der Waals surface area contributed by atoms with E-state index in [0.29, 0.717) is 17.6 Å². The van der Waals surface area contributed by atoms with Crippen LogP contribution in [0.15, 0.2) is 33.4 Å². The summed E-state index contributed by atoms with van der Waals surface area (Å²) in [6.45, 7) is 2.75. The Kier molecular flexibility index (Phi) is 4.06. The van der Waals surface area contributed by atoms with Gasteiger partial charge in [-0.2, -0.15) is 0 Å². The number of hydrogen-bond donors (Lipinski definition) is 1. The SMILES string of the molecule is Cl.NC1CCN(Cc2cc(-c3ccco3)on2)C1. The maximum Gasteiger partial charge on any atom is 0.202 e. The summed E-state index contributed by atoms with van der Waals surface area (Å²) in [6, 6.07) is 5.90. The summed E-state index contributed by atoms with van der Waals surface area (Å²) in [4.78, 5) is 2.29. The van der Waals surface area contributed by atoms with Crippen molar-refractivity contribution in [3.63, 3.8) is 0 Å². The molecule has 0 bridgehead atoms. The predicted molar refractivity (Wildman–Crippen MR) is 69.3 cm³/mol. The Morgan fingerprint density at radius 2 is 2.33 bits per heavy atom. The smallest absolute Gasteiger partial charge is 0.202 e. The van der Waals surface area contributed by atoms with Gasteiger partial charge in [0.2, 0.25) is 5.76 Å². The molecule has 0 spiro atoms. The minimum atomic E-state index is 0. The monoisotopic (exact) mass is 269 g/mol. The zero-order valence-corrected chi connectivity index (χ0v) is 10.7. The van der Waals surface area contributed by atoms with Gasteiger partial charge < -0.3 is 14.7 Å². The molecule has 0 aromatic carbocycles. The molecule has 2 aromatic heterocycles. The highest BCUT2D eigenvalue weighted by molar-refractivity contribution is 5.85. The van der Waals surface area contributed by atoms with E-state index in [2.05, 4.69) is 10.1 Å². The standard InChI is InChI=1S/C12H15N3O2.ClH/c13-9-3-4-15(7-9)8-10-6-12(17-14-10)11-2-1-5-16-11;/h1-2,5-6,9H,3-4,7-8,13H2;1H. The summed E-state index contributed by atoms with van der Waals surface area (Å²) < 4.78 is 10.5. The molecule has 18 heavy (non-hydrogen) atoms. The second-order valence-corrected chi connectivity index (χ2v) is 4.44. The Hall–Kier alpha value is -1.30. The van der Waals surface area contributed by atoms with Gasteiger partial charge in [0.1, 0.15) is 0 Å². The quantitative estimate of drug-likeness (QED) is 0.922. The van der Waals surface area contributed by atoms with E-state index < -0.39 is 0 Å². The average Bonchev–Trinajstić information content (AvgIpc) is 3.00. The molecular formula is C12H16ClN3O2. The molecule has 0 radical (unpaired) electrons. The molecule has 0 saturated carbocycles. The van der Waals surface area contributed by atoms with Crippen molar-refractivity contribution in [1.82, 2.24) is 10.1 Å². The number of furan rings is 1. The van der Waals surface area contributed by atoms with E-state index in [0.717, 1.165) is 31.7 Å². The van der Waals surface area contributed by atoms with E-state index in [9.17, 15) is 0 Å². The van der Waals surface area contributed by atoms with Crippen LogP contribution < -0.4 is 5.73 Å². The van der Waals surface area contributed by atoms with Crippen molar-refractivity contribution in [3.05, 3.63) is 30.2 Å². The normalized spacial score (nSPS) is 19.9. The molecule has 0 aliphatic carbocycles. The lowest BCUT2D eigenvalue weighted by Crippen LogP contribution is -2.26. The van der Waals surface area contributed by atoms with Gasteiger partial charge in [0.15, 0.2) is 5.76 Å². The summed E-state index contributed by atoms with van der Waals surface area (Å²) >= 11 is 0. The van der Waals surface area contributed by atoms with E-state index in [4.69, 9.17) is 14.7 Å². The van der Waals surface area contributed by atoms with Crippen LogP contribution in [0.2, 0.25) is 0 Å². The fourth-order valence-electron chi connectivity index (χ4n) is 2.16. The highest BCUT2D eigenvalue weighted by Gasteiger charge is 2.20. The minimum Gasteiger partial charge on any atom is -0.461 e. The molecule has 3 rings (SSSR count). The molecule has 0 amide bonds. The lowest BCUT2D eigenvalue weighted by molar-refractivity contribution is 0.310. The number of halogens is 1. The number of nitrogens with zero attached hydrogens (tertiary/aromatic N) is 2. The highest BCUT2D eigenvalue weighted by Crippen LogP contribution is 2.21. The van der Waals surface area contributed by atoms with Crippen molar-refractivity contribution in [2.45, 2.75) is 19.0 Å². The van der Waals surface area contributed by atoms with Crippen molar-refractivity contribution < 1.29 is 8.94 Å². The van der Waals surface area contributed by atoms with Gasteiger partial charge in [-0.05, 0) is 18.6 Å². The molecule has 98 valence electrons. The van der Waals surface area contributed by atoms with Crippen LogP contribution in [0.4, 0.5) is 0 Å². The maximum absolute atomic E-state index is 5.86. The first-order chi connectivity index (χ1) is 8.31. The van der Waals surface area contributed by atoms with E-state index in [1.807, 2.05) is 18.2 Å². The second-order valence-electron chi connectivity index (χ2n) is 4.44. The van der Waals surface area contributed by atoms with E-state index in [1.54, 1.807) is 6.26 Å². The van der Waals surface area contributed by atoms with Crippen LogP contribution in [0.3, 0.4) is 0 Å². The topological polar surface area (TPSA) is 68.4 Å². The van der Waals surface area contributed by atoms with Crippen LogP contribution in [0.5, 0.6) is 0 Å². The van der Waals surface area contributed by atoms with Gasteiger partial charge in [-0.1, -0.05) is 5.16 Å². The zero-order chi connectivity index (χ0) is 11.7. The summed E-state index contributed by atoms with van der Waals surface area (Å²) in [7, 11) is 0. The minimum absolute atomic E-state index is 0. The van der Waals surface area contributed by atoms with Crippen LogP contribution in [-0.4, -0.2) is 29.2 Å². The van der Waals surface area contributed by atoms with E-state index >= 15 is 0 Å². The molecule has 2 aromatic rings. The van der Waals surface area contributed by atoms with Gasteiger partial charge in [0.25, 0.3) is 0 Å². The molecule has 1 saturated heterocycles. The van der Waals surface area contributed by atoms with Crippen LogP contribution in [0.25, 0.3) is 11.5 Å². The third-order valence-electron chi connectivity index (χ3n) is 3.02. The predicted octanol–water partition coefficient (Wildman–Crippen LogP) is 1.89. The van der Waals surface area contributed by atoms with Crippen molar-refractivity contribution in [1.29, 1.82) is 0 Å². The summed E-state index contributed by atoms with van der Waals surface area (Å²) in [5, 5.41) is 4.04. The molecule has 1 atom stereocenters. The Balaban J connectivity index is 0.00000120. The fourth-order valence-corrected chi connectivity index (χ4v) is 2.16. The first-order valence-corrected chi connectivity index (χ1v) is 5.78. The van der Waals surface area contributed by atoms with Gasteiger partial charge in [-0.25, -0.2) is 0 Å². The van der Waals surface area contributed by atoms with E-state index in [-0.39, 0.29) is 12.4 Å². The second kappa shape index (κ2) is 5.56. The molecule has 5 nitrogen and oxygen atoms in total. The number of likely N-dealkylation sites (tertiary alicyclic amines) is 1. The lowest BCUT2D eigenvalue weighted by Gasteiger charge is -2.11. The summed E-state index contributed by atoms with van der Waals surface area (Å²) in [5.74, 6) is 1.38. The zero-order valence-electron chi connectivity index (χ0n) is 9.91. The Morgan fingerprint density at radius 1 is 1.44 bits per heavy atom. The lowest BCUT2D eigenvalue weighted by atomic mass is 10.3. The van der Waals surface area contributed by atoms with Crippen molar-refractivity contribution in [2.75, 3.05) is 13.1 Å². The van der Waals surface area contributed by atoms with Gasteiger partial charge in [-0.15, -0.1) is 12.4 Å². The Labute approximate surface area is 111 Å². The average molecular weight is 270 g/mol. The van der Waals surface area contributed by atoms with Gasteiger partial charge in [-0.3, -0.25) is 4.90 Å². The summed E-state index contributed by atoms with van der Waals surface area (Å²) in [5.41, 5.74) is 6.78. The van der Waals surface area contributed by atoms with Crippen LogP contribution in [-0.2, 0) is 6.54 Å². The van der Waals surface area contributed by atoms with Crippen molar-refractivity contribution >= 4 is 12.4 Å². The molecule has 6 heteroatoms. The first-order valence-electron chi connectivity index (χ1n) is 5.78. The maximum atomic E-state index is 5.86. The molecule has 2 N–H and O–H groups in total. The molecule has 1 unspecified atom stereocenters. The third kappa shape index (κ3) is 2.75. The number of hydrogen-bond acceptors (Lipinski definition) is 5. The van der Waals surface area contributed by atoms with Gasteiger partial charge in [0.05, 0.1) is 12.0 Å². The third-order valence-corrected chi connectivity index (χ3v) is 3.02. The highest BCUT2D eigenvalue weighted by atomic mass is 35.5. The van der Waals surface area contributed by atoms with Crippen molar-refractivity contribution in [2.24, 2.45) is 5.73 Å². The molecular weight excluding hydrogens is 254 g/mol. The Morgan fingerprint density at radius 3 is 3.00 bits per heavy atom. The summed E-state index contributed by atoms with van der Waals surface area (Å²) in [6.07, 6.45) is 2.68. The largest absolute Gasteiger partial charge is 0.461 e. The van der Waals surface area contributed by atoms with Gasteiger partial charge in [0, 0.05) is 31.7 Å². The van der Waals surface area contributed by atoms with Crippen LogP contribution in [0.1, 0.15) is 12.1 Å². The van der Waals surface area contributed by atoms with Crippen LogP contribution >= 0.6 is 12.4 Å². The molecule has 1 aliphatic rings.